The molecule has 0 saturated heterocycles. The van der Waals surface area contributed by atoms with Crippen LogP contribution in [0.3, 0.4) is 0 Å². The van der Waals surface area contributed by atoms with Gasteiger partial charge in [-0.2, -0.15) is 0 Å². The number of nitrogens with one attached hydrogen (secondary N) is 2. The van der Waals surface area contributed by atoms with Crippen molar-refractivity contribution in [2.45, 2.75) is 32.7 Å². The average molecular weight is 402 g/mol. The van der Waals surface area contributed by atoms with E-state index in [-0.39, 0.29) is 36.7 Å². The predicted molar refractivity (Wildman–Crippen MR) is 102 cm³/mol. The van der Waals surface area contributed by atoms with Gasteiger partial charge in [-0.05, 0) is 25.5 Å². The van der Waals surface area contributed by atoms with Gasteiger partial charge in [-0.3, -0.25) is 4.79 Å². The highest BCUT2D eigenvalue weighted by Gasteiger charge is 2.32. The number of aromatic hydroxyl groups is 1. The highest BCUT2D eigenvalue weighted by atomic mass is 16.5. The Hall–Kier alpha value is -3.49. The van der Waals surface area contributed by atoms with Crippen LogP contribution >= 0.6 is 0 Å². The number of hydrogen-bond acceptors (Lipinski definition) is 7. The van der Waals surface area contributed by atoms with Gasteiger partial charge < -0.3 is 29.6 Å². The minimum absolute atomic E-state index is 0.0616. The molecule has 9 nitrogen and oxygen atoms in total. The molecule has 2 aromatic rings. The topological polar surface area (TPSA) is 127 Å². The van der Waals surface area contributed by atoms with Gasteiger partial charge in [0, 0.05) is 17.0 Å². The van der Waals surface area contributed by atoms with Gasteiger partial charge in [0.2, 0.25) is 0 Å². The molecule has 1 aromatic heterocycles. The summed E-state index contributed by atoms with van der Waals surface area (Å²) in [5.41, 5.74) is 1.50. The third-order valence-corrected chi connectivity index (χ3v) is 4.50. The van der Waals surface area contributed by atoms with E-state index in [1.807, 2.05) is 6.92 Å². The molecule has 29 heavy (non-hydrogen) atoms. The first-order chi connectivity index (χ1) is 13.9. The summed E-state index contributed by atoms with van der Waals surface area (Å²) in [5, 5.41) is 15.4. The third-order valence-electron chi connectivity index (χ3n) is 4.50. The van der Waals surface area contributed by atoms with Crippen molar-refractivity contribution in [2.24, 2.45) is 0 Å². The van der Waals surface area contributed by atoms with E-state index >= 15 is 0 Å². The minimum atomic E-state index is -0.571. The van der Waals surface area contributed by atoms with Crippen LogP contribution in [-0.2, 0) is 25.5 Å². The lowest BCUT2D eigenvalue weighted by Gasteiger charge is -2.28. The Labute approximate surface area is 166 Å². The number of fused-ring (bicyclic) bond motifs is 1. The molecular weight excluding hydrogens is 380 g/mol. The summed E-state index contributed by atoms with van der Waals surface area (Å²) in [4.78, 5) is 36.5. The molecule has 3 rings (SSSR count). The number of hydrogen-bond donors (Lipinski definition) is 3. The van der Waals surface area contributed by atoms with Crippen LogP contribution in [0.25, 0.3) is 11.0 Å². The van der Waals surface area contributed by atoms with Crippen LogP contribution in [0.4, 0.5) is 4.79 Å². The first kappa shape index (κ1) is 20.2. The quantitative estimate of drug-likeness (QED) is 0.606. The first-order valence-corrected chi connectivity index (χ1v) is 9.25. The SMILES string of the molecule is CCOC(=O)C1=C(COC(=O)Cc2coc3cc(O)ccc23)NC(=O)NC1CC. The fraction of sp³-hybridized carbons (Fsp3) is 0.350. The molecule has 1 unspecified atom stereocenters. The highest BCUT2D eigenvalue weighted by molar-refractivity contribution is 5.95. The van der Waals surface area contributed by atoms with Crippen molar-refractivity contribution < 1.29 is 33.4 Å². The van der Waals surface area contributed by atoms with Crippen LogP contribution in [0.2, 0.25) is 0 Å². The van der Waals surface area contributed by atoms with E-state index in [0.29, 0.717) is 23.0 Å². The van der Waals surface area contributed by atoms with Gasteiger partial charge in [-0.15, -0.1) is 0 Å². The van der Waals surface area contributed by atoms with E-state index in [1.54, 1.807) is 13.0 Å². The molecule has 2 amide bonds. The fourth-order valence-corrected chi connectivity index (χ4v) is 3.14. The van der Waals surface area contributed by atoms with Crippen molar-refractivity contribution in [1.29, 1.82) is 0 Å². The molecule has 3 N–H and O–H groups in total. The molecule has 0 bridgehead atoms. The smallest absolute Gasteiger partial charge is 0.338 e. The molecule has 9 heteroatoms. The molecule has 1 atom stereocenters. The highest BCUT2D eigenvalue weighted by Crippen LogP contribution is 2.25. The summed E-state index contributed by atoms with van der Waals surface area (Å²) in [7, 11) is 0. The number of amides is 2. The number of urea groups is 1. The standard InChI is InChI=1S/C20H22N2O7/c1-3-14-18(19(25)27-4-2)15(22-20(26)21-14)10-29-17(24)7-11-9-28-16-8-12(23)5-6-13(11)16/h5-6,8-9,14,23H,3-4,7,10H2,1-2H3,(H2,21,22,26). The van der Waals surface area contributed by atoms with Crippen LogP contribution in [0.5, 0.6) is 5.75 Å². The summed E-state index contributed by atoms with van der Waals surface area (Å²) in [6, 6.07) is 3.60. The lowest BCUT2D eigenvalue weighted by atomic mass is 10.0. The van der Waals surface area contributed by atoms with Crippen molar-refractivity contribution in [3.8, 4) is 5.75 Å². The van der Waals surface area contributed by atoms with Crippen molar-refractivity contribution in [3.05, 3.63) is 41.3 Å². The monoisotopic (exact) mass is 402 g/mol. The van der Waals surface area contributed by atoms with Crippen LogP contribution < -0.4 is 10.6 Å². The average Bonchev–Trinajstić information content (AvgIpc) is 3.07. The number of benzene rings is 1. The zero-order valence-corrected chi connectivity index (χ0v) is 16.1. The van der Waals surface area contributed by atoms with Gasteiger partial charge in [-0.25, -0.2) is 9.59 Å². The second-order valence-electron chi connectivity index (χ2n) is 6.45. The van der Waals surface area contributed by atoms with Crippen molar-refractivity contribution in [1.82, 2.24) is 10.6 Å². The molecule has 0 aliphatic carbocycles. The molecule has 0 fully saturated rings. The Kier molecular flexibility index (Phi) is 6.06. The van der Waals surface area contributed by atoms with E-state index < -0.39 is 24.0 Å². The second kappa shape index (κ2) is 8.68. The van der Waals surface area contributed by atoms with Crippen LogP contribution in [-0.4, -0.2) is 42.3 Å². The molecule has 0 radical (unpaired) electrons. The van der Waals surface area contributed by atoms with Gasteiger partial charge in [-0.1, -0.05) is 6.92 Å². The lowest BCUT2D eigenvalue weighted by molar-refractivity contribution is -0.143. The Morgan fingerprint density at radius 2 is 2.03 bits per heavy atom. The van der Waals surface area contributed by atoms with Gasteiger partial charge in [0.05, 0.1) is 36.6 Å². The summed E-state index contributed by atoms with van der Waals surface area (Å²) >= 11 is 0. The molecular formula is C20H22N2O7. The molecule has 1 aliphatic heterocycles. The summed E-state index contributed by atoms with van der Waals surface area (Å²) in [6.07, 6.45) is 1.84. The summed E-state index contributed by atoms with van der Waals surface area (Å²) in [5.74, 6) is -1.07. The zero-order chi connectivity index (χ0) is 21.0. The van der Waals surface area contributed by atoms with Crippen LogP contribution in [0.1, 0.15) is 25.8 Å². The number of rotatable bonds is 7. The Morgan fingerprint density at radius 1 is 1.24 bits per heavy atom. The maximum atomic E-state index is 12.3. The normalized spacial score (nSPS) is 16.3. The van der Waals surface area contributed by atoms with Gasteiger partial charge in [0.1, 0.15) is 17.9 Å². The van der Waals surface area contributed by atoms with E-state index in [2.05, 4.69) is 10.6 Å². The molecule has 0 spiro atoms. The molecule has 154 valence electrons. The number of esters is 2. The first-order valence-electron chi connectivity index (χ1n) is 9.25. The van der Waals surface area contributed by atoms with Crippen LogP contribution in [0.15, 0.2) is 40.1 Å². The maximum Gasteiger partial charge on any atom is 0.338 e. The van der Waals surface area contributed by atoms with Crippen molar-refractivity contribution >= 4 is 28.9 Å². The summed E-state index contributed by atoms with van der Waals surface area (Å²) in [6.45, 7) is 3.42. The fourth-order valence-electron chi connectivity index (χ4n) is 3.14. The van der Waals surface area contributed by atoms with E-state index in [9.17, 15) is 19.5 Å². The third kappa shape index (κ3) is 4.50. The zero-order valence-electron chi connectivity index (χ0n) is 16.1. The van der Waals surface area contributed by atoms with Crippen molar-refractivity contribution in [3.63, 3.8) is 0 Å². The molecule has 2 heterocycles. The van der Waals surface area contributed by atoms with Gasteiger partial charge in [0.25, 0.3) is 0 Å². The minimum Gasteiger partial charge on any atom is -0.508 e. The van der Waals surface area contributed by atoms with Gasteiger partial charge >= 0.3 is 18.0 Å². The van der Waals surface area contributed by atoms with E-state index in [4.69, 9.17) is 13.9 Å². The number of phenolic OH excluding ortho intramolecular Hbond substituents is 1. The lowest BCUT2D eigenvalue weighted by Crippen LogP contribution is -2.51. The number of furan rings is 1. The Balaban J connectivity index is 1.73. The second-order valence-corrected chi connectivity index (χ2v) is 6.45. The Morgan fingerprint density at radius 3 is 2.76 bits per heavy atom. The largest absolute Gasteiger partial charge is 0.508 e. The van der Waals surface area contributed by atoms with Gasteiger partial charge in [0.15, 0.2) is 0 Å². The van der Waals surface area contributed by atoms with E-state index in [0.717, 1.165) is 0 Å². The summed E-state index contributed by atoms with van der Waals surface area (Å²) < 4.78 is 15.7. The molecule has 1 aromatic carbocycles. The predicted octanol–water partition coefficient (Wildman–Crippen LogP) is 2.13. The Bertz CT molecular complexity index is 976. The van der Waals surface area contributed by atoms with Crippen molar-refractivity contribution in [2.75, 3.05) is 13.2 Å². The van der Waals surface area contributed by atoms with Crippen LogP contribution in [0, 0.1) is 0 Å². The maximum absolute atomic E-state index is 12.3. The molecule has 1 aliphatic rings. The number of carbonyl (C=O) groups excluding carboxylic acids is 3. The number of phenols is 1. The van der Waals surface area contributed by atoms with E-state index in [1.165, 1.54) is 18.4 Å². The number of ether oxygens (including phenoxy) is 2. The molecule has 0 saturated carbocycles. The number of carbonyl (C=O) groups is 3.